The molecule has 2 aromatic carbocycles. The topological polar surface area (TPSA) is 105 Å². The van der Waals surface area contributed by atoms with Crippen molar-refractivity contribution in [1.82, 2.24) is 9.80 Å². The number of hydrogen-bond donors (Lipinski definition) is 1. The summed E-state index contributed by atoms with van der Waals surface area (Å²) in [5.74, 6) is 0.603. The van der Waals surface area contributed by atoms with Gasteiger partial charge in [-0.15, -0.1) is 0 Å². The van der Waals surface area contributed by atoms with E-state index in [0.29, 0.717) is 55.2 Å². The zero-order valence-electron chi connectivity index (χ0n) is 20.7. The van der Waals surface area contributed by atoms with E-state index in [0.717, 1.165) is 19.3 Å². The Labute approximate surface area is 210 Å². The van der Waals surface area contributed by atoms with Crippen molar-refractivity contribution in [3.8, 4) is 5.75 Å². The largest absolute Gasteiger partial charge is 0.495 e. The maximum absolute atomic E-state index is 13.3. The minimum absolute atomic E-state index is 0.00767. The third-order valence-corrected chi connectivity index (χ3v) is 7.26. The average molecular weight is 493 g/mol. The highest BCUT2D eigenvalue weighted by Crippen LogP contribution is 2.41. The average Bonchev–Trinajstić information content (AvgIpc) is 3.31. The summed E-state index contributed by atoms with van der Waals surface area (Å²) in [6.45, 7) is 4.53. The first-order valence-electron chi connectivity index (χ1n) is 12.3. The first kappa shape index (κ1) is 25.2. The monoisotopic (exact) mass is 492 g/mol. The molecule has 0 radical (unpaired) electrons. The van der Waals surface area contributed by atoms with Crippen molar-refractivity contribution in [1.29, 1.82) is 0 Å². The number of nitrogens with zero attached hydrogens (tertiary/aromatic N) is 3. The number of urea groups is 1. The molecule has 0 atom stereocenters. The van der Waals surface area contributed by atoms with Gasteiger partial charge in [0.05, 0.1) is 17.7 Å². The van der Waals surface area contributed by atoms with Crippen LogP contribution in [0.4, 0.5) is 16.2 Å². The molecule has 9 heteroatoms. The van der Waals surface area contributed by atoms with Gasteiger partial charge in [-0.1, -0.05) is 31.2 Å². The van der Waals surface area contributed by atoms with Gasteiger partial charge in [-0.25, -0.2) is 4.79 Å². The Kier molecular flexibility index (Phi) is 7.57. The molecule has 2 aliphatic heterocycles. The molecule has 2 fully saturated rings. The van der Waals surface area contributed by atoms with Gasteiger partial charge in [0.15, 0.2) is 0 Å². The van der Waals surface area contributed by atoms with Crippen molar-refractivity contribution in [3.05, 3.63) is 69.8 Å². The molecular formula is C27H32N4O5. The highest BCUT2D eigenvalue weighted by Gasteiger charge is 2.43. The SMILES string of the molecule is CCC(=Cc1cccc([N+](=O)[O-])c1)C(=O)N1CCC2(CCN(C(=O)Nc3ccccc3OC)CC2)C1. The van der Waals surface area contributed by atoms with Crippen LogP contribution in [0.3, 0.4) is 0 Å². The van der Waals surface area contributed by atoms with Crippen LogP contribution in [0.25, 0.3) is 6.08 Å². The molecule has 9 nitrogen and oxygen atoms in total. The standard InChI is InChI=1S/C27H32N4O5/c1-3-21(17-20-7-6-8-22(18-20)31(34)35)25(32)30-16-13-27(19-30)11-14-29(15-12-27)26(33)28-23-9-4-5-10-24(23)36-2/h4-10,17-18H,3,11-16,19H2,1-2H3,(H,28,33). The van der Waals surface area contributed by atoms with Crippen LogP contribution in [0.1, 0.15) is 38.2 Å². The Hall–Kier alpha value is -3.88. The van der Waals surface area contributed by atoms with Gasteiger partial charge in [-0.2, -0.15) is 0 Å². The van der Waals surface area contributed by atoms with Crippen molar-refractivity contribution in [2.45, 2.75) is 32.6 Å². The molecule has 0 bridgehead atoms. The number of likely N-dealkylation sites (tertiary alicyclic amines) is 2. The number of amides is 3. The Morgan fingerprint density at radius 2 is 1.78 bits per heavy atom. The summed E-state index contributed by atoms with van der Waals surface area (Å²) in [6, 6.07) is 13.5. The number of rotatable bonds is 6. The molecule has 4 rings (SSSR count). The maximum atomic E-state index is 13.3. The number of anilines is 1. The fourth-order valence-electron chi connectivity index (χ4n) is 5.09. The van der Waals surface area contributed by atoms with Crippen LogP contribution in [0, 0.1) is 15.5 Å². The van der Waals surface area contributed by atoms with Crippen LogP contribution in [0.15, 0.2) is 54.1 Å². The van der Waals surface area contributed by atoms with Crippen LogP contribution in [-0.4, -0.2) is 60.0 Å². The Balaban J connectivity index is 1.36. The molecule has 2 aromatic rings. The lowest BCUT2D eigenvalue weighted by Gasteiger charge is -2.39. The number of methoxy groups -OCH3 is 1. The van der Waals surface area contributed by atoms with E-state index in [1.807, 2.05) is 41.0 Å². The van der Waals surface area contributed by atoms with E-state index in [1.54, 1.807) is 25.3 Å². The fourth-order valence-corrected chi connectivity index (χ4v) is 5.09. The number of nitro groups is 1. The van der Waals surface area contributed by atoms with Crippen molar-refractivity contribution in [2.24, 2.45) is 5.41 Å². The maximum Gasteiger partial charge on any atom is 0.321 e. The lowest BCUT2D eigenvalue weighted by Crippen LogP contribution is -2.46. The van der Waals surface area contributed by atoms with E-state index in [-0.39, 0.29) is 23.0 Å². The Morgan fingerprint density at radius 3 is 2.44 bits per heavy atom. The third kappa shape index (κ3) is 5.50. The first-order valence-corrected chi connectivity index (χ1v) is 12.3. The molecule has 2 heterocycles. The van der Waals surface area contributed by atoms with Gasteiger partial charge in [-0.3, -0.25) is 14.9 Å². The number of nitrogens with one attached hydrogen (secondary N) is 1. The van der Waals surface area contributed by atoms with Crippen LogP contribution in [0.5, 0.6) is 5.75 Å². The molecule has 2 aliphatic rings. The number of carbonyl (C=O) groups excluding carboxylic acids is 2. The second kappa shape index (κ2) is 10.8. The van der Waals surface area contributed by atoms with Gasteiger partial charge >= 0.3 is 6.03 Å². The number of para-hydroxylation sites is 2. The third-order valence-electron chi connectivity index (χ3n) is 7.26. The normalized spacial score (nSPS) is 17.2. The van der Waals surface area contributed by atoms with Gasteiger partial charge in [-0.05, 0) is 54.9 Å². The fraction of sp³-hybridized carbons (Fsp3) is 0.407. The van der Waals surface area contributed by atoms with Crippen molar-refractivity contribution in [2.75, 3.05) is 38.6 Å². The number of piperidine rings is 1. The Bertz CT molecular complexity index is 1170. The molecule has 0 aromatic heterocycles. The highest BCUT2D eigenvalue weighted by atomic mass is 16.6. The van der Waals surface area contributed by atoms with Crippen molar-refractivity contribution < 1.29 is 19.2 Å². The van der Waals surface area contributed by atoms with Gasteiger partial charge in [0.1, 0.15) is 5.75 Å². The number of non-ortho nitro benzene ring substituents is 1. The smallest absolute Gasteiger partial charge is 0.321 e. The number of nitro benzene ring substituents is 1. The molecule has 1 N–H and O–H groups in total. The minimum atomic E-state index is -0.433. The van der Waals surface area contributed by atoms with E-state index in [2.05, 4.69) is 5.32 Å². The molecule has 36 heavy (non-hydrogen) atoms. The summed E-state index contributed by atoms with van der Waals surface area (Å²) in [5, 5.41) is 14.0. The lowest BCUT2D eigenvalue weighted by atomic mass is 9.78. The van der Waals surface area contributed by atoms with Gasteiger partial charge in [0, 0.05) is 43.9 Å². The van der Waals surface area contributed by atoms with E-state index in [4.69, 9.17) is 4.74 Å². The number of benzene rings is 2. The summed E-state index contributed by atoms with van der Waals surface area (Å²) in [6.07, 6.45) is 4.89. The minimum Gasteiger partial charge on any atom is -0.495 e. The molecule has 3 amide bonds. The second-order valence-corrected chi connectivity index (χ2v) is 9.47. The number of ether oxygens (including phenoxy) is 1. The summed E-state index contributed by atoms with van der Waals surface area (Å²) >= 11 is 0. The molecule has 1 spiro atoms. The number of hydrogen-bond acceptors (Lipinski definition) is 5. The zero-order valence-corrected chi connectivity index (χ0v) is 20.7. The van der Waals surface area contributed by atoms with Gasteiger partial charge in [0.25, 0.3) is 5.69 Å². The Morgan fingerprint density at radius 1 is 1.08 bits per heavy atom. The predicted octanol–water partition coefficient (Wildman–Crippen LogP) is 4.94. The summed E-state index contributed by atoms with van der Waals surface area (Å²) in [4.78, 5) is 40.5. The summed E-state index contributed by atoms with van der Waals surface area (Å²) in [5.41, 5.74) is 1.96. The molecular weight excluding hydrogens is 460 g/mol. The van der Waals surface area contributed by atoms with E-state index < -0.39 is 4.92 Å². The van der Waals surface area contributed by atoms with E-state index >= 15 is 0 Å². The quantitative estimate of drug-likeness (QED) is 0.349. The lowest BCUT2D eigenvalue weighted by molar-refractivity contribution is -0.384. The van der Waals surface area contributed by atoms with Gasteiger partial charge in [0.2, 0.25) is 5.91 Å². The number of carbonyl (C=O) groups is 2. The first-order chi connectivity index (χ1) is 17.3. The highest BCUT2D eigenvalue weighted by molar-refractivity contribution is 5.98. The molecule has 0 saturated carbocycles. The van der Waals surface area contributed by atoms with Crippen molar-refractivity contribution in [3.63, 3.8) is 0 Å². The van der Waals surface area contributed by atoms with Crippen LogP contribution >= 0.6 is 0 Å². The van der Waals surface area contributed by atoms with Crippen LogP contribution in [-0.2, 0) is 4.79 Å². The van der Waals surface area contributed by atoms with Gasteiger partial charge < -0.3 is 19.9 Å². The van der Waals surface area contributed by atoms with Crippen LogP contribution in [0.2, 0.25) is 0 Å². The summed E-state index contributed by atoms with van der Waals surface area (Å²) < 4.78 is 5.32. The summed E-state index contributed by atoms with van der Waals surface area (Å²) in [7, 11) is 1.58. The second-order valence-electron chi connectivity index (χ2n) is 9.47. The molecule has 0 aliphatic carbocycles. The molecule has 2 saturated heterocycles. The van der Waals surface area contributed by atoms with Crippen LogP contribution < -0.4 is 10.1 Å². The van der Waals surface area contributed by atoms with E-state index in [9.17, 15) is 19.7 Å². The predicted molar refractivity (Wildman–Crippen MR) is 138 cm³/mol. The zero-order chi connectivity index (χ0) is 25.7. The van der Waals surface area contributed by atoms with Crippen molar-refractivity contribution >= 4 is 29.4 Å². The molecule has 190 valence electrons. The molecule has 0 unspecified atom stereocenters. The van der Waals surface area contributed by atoms with E-state index in [1.165, 1.54) is 12.1 Å².